The van der Waals surface area contributed by atoms with Crippen molar-refractivity contribution in [2.24, 2.45) is 0 Å². The number of amides is 1. The molecule has 6 nitrogen and oxygen atoms in total. The van der Waals surface area contributed by atoms with E-state index in [0.717, 1.165) is 17.1 Å². The van der Waals surface area contributed by atoms with Gasteiger partial charge in [-0.1, -0.05) is 18.2 Å². The summed E-state index contributed by atoms with van der Waals surface area (Å²) in [6.07, 6.45) is 0.725. The maximum absolute atomic E-state index is 11.9. The Morgan fingerprint density at radius 2 is 2.10 bits per heavy atom. The van der Waals surface area contributed by atoms with E-state index in [4.69, 9.17) is 10.8 Å². The lowest BCUT2D eigenvalue weighted by atomic mass is 10.1. The van der Waals surface area contributed by atoms with Crippen molar-refractivity contribution >= 4 is 34.1 Å². The highest BCUT2D eigenvalue weighted by Gasteiger charge is 2.19. The molecule has 0 fully saturated rings. The van der Waals surface area contributed by atoms with Crippen LogP contribution < -0.4 is 11.1 Å². The van der Waals surface area contributed by atoms with E-state index in [0.29, 0.717) is 17.8 Å². The molecule has 0 bridgehead atoms. The van der Waals surface area contributed by atoms with Crippen molar-refractivity contribution < 1.29 is 14.7 Å². The Bertz CT molecular complexity index is 682. The third-order valence-corrected chi connectivity index (χ3v) is 3.86. The van der Waals surface area contributed by atoms with Crippen LogP contribution in [0, 0.1) is 6.92 Å². The normalized spacial score (nSPS) is 10.3. The van der Waals surface area contributed by atoms with Gasteiger partial charge in [-0.3, -0.25) is 4.79 Å². The molecule has 1 aromatic heterocycles. The van der Waals surface area contributed by atoms with Crippen LogP contribution in [-0.4, -0.2) is 21.4 Å². The highest BCUT2D eigenvalue weighted by atomic mass is 32.1. The Labute approximate surface area is 125 Å². The summed E-state index contributed by atoms with van der Waals surface area (Å²) in [5.41, 5.74) is 7.79. The maximum atomic E-state index is 11.9. The van der Waals surface area contributed by atoms with E-state index in [1.165, 1.54) is 0 Å². The van der Waals surface area contributed by atoms with E-state index in [2.05, 4.69) is 9.69 Å². The van der Waals surface area contributed by atoms with E-state index in [-0.39, 0.29) is 22.9 Å². The summed E-state index contributed by atoms with van der Waals surface area (Å²) in [7, 11) is 0. The smallest absolute Gasteiger partial charge is 0.340 e. The molecule has 2 rings (SSSR count). The maximum Gasteiger partial charge on any atom is 0.340 e. The predicted octanol–water partition coefficient (Wildman–Crippen LogP) is 2.30. The summed E-state index contributed by atoms with van der Waals surface area (Å²) in [4.78, 5) is 23.0. The lowest BCUT2D eigenvalue weighted by Gasteiger charge is -2.06. The first kappa shape index (κ1) is 15.0. The minimum absolute atomic E-state index is 0.0487. The molecule has 0 radical (unpaired) electrons. The van der Waals surface area contributed by atoms with Crippen LogP contribution in [0.4, 0.5) is 10.7 Å². The van der Waals surface area contributed by atoms with E-state index in [1.54, 1.807) is 13.0 Å². The first-order chi connectivity index (χ1) is 9.99. The molecule has 0 atom stereocenters. The molecule has 7 heteroatoms. The third-order valence-electron chi connectivity index (χ3n) is 3.01. The first-order valence-electron chi connectivity index (χ1n) is 6.32. The summed E-state index contributed by atoms with van der Waals surface area (Å²) in [5.74, 6) is -1.35. The topological polar surface area (TPSA) is 105 Å². The molecule has 0 saturated carbocycles. The summed E-state index contributed by atoms with van der Waals surface area (Å²) in [5, 5.41) is 12.0. The van der Waals surface area contributed by atoms with Gasteiger partial charge >= 0.3 is 5.97 Å². The zero-order valence-corrected chi connectivity index (χ0v) is 12.2. The molecule has 21 heavy (non-hydrogen) atoms. The predicted molar refractivity (Wildman–Crippen MR) is 81.6 cm³/mol. The number of hydrogen-bond donors (Lipinski definition) is 3. The Balaban J connectivity index is 2.00. The molecular formula is C14H15N3O3S. The van der Waals surface area contributed by atoms with Gasteiger partial charge in [0.05, 0.1) is 5.69 Å². The Morgan fingerprint density at radius 1 is 1.38 bits per heavy atom. The second-order valence-electron chi connectivity index (χ2n) is 4.52. The van der Waals surface area contributed by atoms with Crippen molar-refractivity contribution in [2.45, 2.75) is 19.8 Å². The lowest BCUT2D eigenvalue weighted by Crippen LogP contribution is -2.14. The summed E-state index contributed by atoms with van der Waals surface area (Å²) >= 11 is 0.970. The van der Waals surface area contributed by atoms with E-state index < -0.39 is 5.97 Å². The fraction of sp³-hybridized carbons (Fsp3) is 0.214. The molecule has 4 N–H and O–H groups in total. The molecule has 0 unspecified atom stereocenters. The molecule has 0 saturated heterocycles. The number of benzene rings is 1. The number of hydrogen-bond acceptors (Lipinski definition) is 5. The van der Waals surface area contributed by atoms with Gasteiger partial charge in [0.25, 0.3) is 0 Å². The van der Waals surface area contributed by atoms with Crippen LogP contribution >= 0.6 is 11.5 Å². The summed E-state index contributed by atoms with van der Waals surface area (Å²) in [6, 6.07) is 7.33. The van der Waals surface area contributed by atoms with Crippen molar-refractivity contribution in [1.29, 1.82) is 0 Å². The number of rotatable bonds is 5. The van der Waals surface area contributed by atoms with Crippen molar-refractivity contribution in [3.63, 3.8) is 0 Å². The Hall–Kier alpha value is -2.41. The number of nitrogens with one attached hydrogen (secondary N) is 1. The molecular weight excluding hydrogens is 290 g/mol. The number of carboxylic acids is 1. The van der Waals surface area contributed by atoms with Crippen LogP contribution in [0.5, 0.6) is 0 Å². The highest BCUT2D eigenvalue weighted by molar-refractivity contribution is 7.11. The number of carboxylic acid groups (broad SMARTS) is 1. The van der Waals surface area contributed by atoms with Gasteiger partial charge < -0.3 is 16.2 Å². The number of aryl methyl sites for hydroxylation is 2. The minimum Gasteiger partial charge on any atom is -0.478 e. The fourth-order valence-corrected chi connectivity index (χ4v) is 2.71. The van der Waals surface area contributed by atoms with Gasteiger partial charge in [0.15, 0.2) is 0 Å². The SMILES string of the molecule is Cc1nsc(NC(=O)CCc2ccccc2N)c1C(=O)O. The highest BCUT2D eigenvalue weighted by Crippen LogP contribution is 2.24. The number of carbonyl (C=O) groups excluding carboxylic acids is 1. The largest absolute Gasteiger partial charge is 0.478 e. The van der Waals surface area contributed by atoms with Crippen LogP contribution in [0.1, 0.15) is 28.0 Å². The lowest BCUT2D eigenvalue weighted by molar-refractivity contribution is -0.116. The van der Waals surface area contributed by atoms with Gasteiger partial charge in [0.2, 0.25) is 5.91 Å². The van der Waals surface area contributed by atoms with E-state index in [9.17, 15) is 9.59 Å². The van der Waals surface area contributed by atoms with E-state index >= 15 is 0 Å². The zero-order valence-electron chi connectivity index (χ0n) is 11.4. The number of nitrogen functional groups attached to an aromatic ring is 1. The van der Waals surface area contributed by atoms with Crippen LogP contribution in [0.15, 0.2) is 24.3 Å². The quantitative estimate of drug-likeness (QED) is 0.735. The van der Waals surface area contributed by atoms with Gasteiger partial charge in [0, 0.05) is 12.1 Å². The number of aromatic nitrogens is 1. The van der Waals surface area contributed by atoms with Crippen molar-refractivity contribution in [2.75, 3.05) is 11.1 Å². The standard InChI is InChI=1S/C14H15N3O3S/c1-8-12(14(19)20)13(21-17-8)16-11(18)7-6-9-4-2-3-5-10(9)15/h2-5H,6-7,15H2,1H3,(H,16,18)(H,19,20). The molecule has 0 aliphatic heterocycles. The fourth-order valence-electron chi connectivity index (χ4n) is 1.91. The number of nitrogens with two attached hydrogens (primary N) is 1. The number of anilines is 2. The van der Waals surface area contributed by atoms with Crippen LogP contribution in [0.25, 0.3) is 0 Å². The molecule has 0 spiro atoms. The second-order valence-corrected chi connectivity index (χ2v) is 5.30. The second kappa shape index (κ2) is 6.36. The zero-order chi connectivity index (χ0) is 15.4. The van der Waals surface area contributed by atoms with Crippen LogP contribution in [0.3, 0.4) is 0 Å². The molecule has 1 aromatic carbocycles. The molecule has 110 valence electrons. The molecule has 1 amide bonds. The number of carbonyl (C=O) groups is 2. The number of nitrogens with zero attached hydrogens (tertiary/aromatic N) is 1. The van der Waals surface area contributed by atoms with Gasteiger partial charge in [0.1, 0.15) is 10.6 Å². The number of aromatic carboxylic acids is 1. The van der Waals surface area contributed by atoms with Gasteiger partial charge in [-0.05, 0) is 36.5 Å². The van der Waals surface area contributed by atoms with Crippen molar-refractivity contribution in [3.8, 4) is 0 Å². The third kappa shape index (κ3) is 3.57. The molecule has 1 heterocycles. The van der Waals surface area contributed by atoms with Gasteiger partial charge in [-0.2, -0.15) is 4.37 Å². The Morgan fingerprint density at radius 3 is 2.76 bits per heavy atom. The molecule has 2 aromatic rings. The van der Waals surface area contributed by atoms with E-state index in [1.807, 2.05) is 18.2 Å². The minimum atomic E-state index is -1.09. The van der Waals surface area contributed by atoms with Crippen LogP contribution in [0.2, 0.25) is 0 Å². The summed E-state index contributed by atoms with van der Waals surface area (Å²) < 4.78 is 3.95. The molecule has 0 aliphatic carbocycles. The summed E-state index contributed by atoms with van der Waals surface area (Å²) in [6.45, 7) is 1.60. The molecule has 0 aliphatic rings. The van der Waals surface area contributed by atoms with Gasteiger partial charge in [-0.15, -0.1) is 0 Å². The average Bonchev–Trinajstić information content (AvgIpc) is 2.79. The van der Waals surface area contributed by atoms with Crippen molar-refractivity contribution in [3.05, 3.63) is 41.1 Å². The first-order valence-corrected chi connectivity index (χ1v) is 7.09. The number of para-hydroxylation sites is 1. The monoisotopic (exact) mass is 305 g/mol. The van der Waals surface area contributed by atoms with Crippen molar-refractivity contribution in [1.82, 2.24) is 4.37 Å². The average molecular weight is 305 g/mol. The van der Waals surface area contributed by atoms with Crippen LogP contribution in [-0.2, 0) is 11.2 Å². The van der Waals surface area contributed by atoms with Gasteiger partial charge in [-0.25, -0.2) is 4.79 Å². The Kier molecular flexibility index (Phi) is 4.54.